The Labute approximate surface area is 203 Å². The molecular weight excluding hydrogens is 478 g/mol. The summed E-state index contributed by atoms with van der Waals surface area (Å²) in [6.45, 7) is 8.26. The van der Waals surface area contributed by atoms with Crippen LogP contribution < -0.4 is 15.4 Å². The van der Waals surface area contributed by atoms with Crippen LogP contribution in [0.5, 0.6) is 5.75 Å². The first kappa shape index (κ1) is 22.9. The van der Waals surface area contributed by atoms with Gasteiger partial charge in [0, 0.05) is 27.9 Å². The number of carbonyl (C=O) groups excluding carboxylic acids is 1. The zero-order valence-electron chi connectivity index (χ0n) is 18.8. The molecule has 2 N–H and O–H groups in total. The Balaban J connectivity index is 1.89. The quantitative estimate of drug-likeness (QED) is 0.509. The van der Waals surface area contributed by atoms with E-state index in [2.05, 4.69) is 42.4 Å². The molecule has 1 atom stereocenters. The van der Waals surface area contributed by atoms with E-state index in [9.17, 15) is 10.1 Å². The molecular formula is C27H26BrN3O2. The Kier molecular flexibility index (Phi) is 6.18. The second-order valence-corrected chi connectivity index (χ2v) is 10.0. The van der Waals surface area contributed by atoms with E-state index in [0.717, 1.165) is 21.4 Å². The zero-order valence-corrected chi connectivity index (χ0v) is 20.4. The number of hydrogen-bond acceptors (Lipinski definition) is 5. The summed E-state index contributed by atoms with van der Waals surface area (Å²) in [5, 5.41) is 10.2. The average molecular weight is 504 g/mol. The lowest BCUT2D eigenvalue weighted by Crippen LogP contribution is -2.42. The van der Waals surface area contributed by atoms with E-state index in [1.807, 2.05) is 53.4 Å². The van der Waals surface area contributed by atoms with E-state index in [1.54, 1.807) is 6.08 Å². The van der Waals surface area contributed by atoms with Gasteiger partial charge in [-0.1, -0.05) is 54.6 Å². The maximum absolute atomic E-state index is 13.5. The Bertz CT molecular complexity index is 1200. The predicted octanol–water partition coefficient (Wildman–Crippen LogP) is 5.95. The lowest BCUT2D eigenvalue weighted by molar-refractivity contribution is -0.118. The molecule has 4 rings (SSSR count). The van der Waals surface area contributed by atoms with Crippen LogP contribution in [0.1, 0.15) is 38.2 Å². The molecule has 0 fully saturated rings. The Morgan fingerprint density at radius 3 is 2.48 bits per heavy atom. The van der Waals surface area contributed by atoms with Gasteiger partial charge in [0.25, 0.3) is 0 Å². The molecule has 1 aliphatic carbocycles. The molecule has 1 aliphatic heterocycles. The monoisotopic (exact) mass is 503 g/mol. The zero-order chi connectivity index (χ0) is 23.8. The van der Waals surface area contributed by atoms with Crippen LogP contribution in [0.3, 0.4) is 0 Å². The van der Waals surface area contributed by atoms with E-state index in [0.29, 0.717) is 42.2 Å². The van der Waals surface area contributed by atoms with Gasteiger partial charge in [0.2, 0.25) is 0 Å². The first-order valence-electron chi connectivity index (χ1n) is 10.8. The lowest BCUT2D eigenvalue weighted by atomic mass is 9.68. The van der Waals surface area contributed by atoms with Crippen LogP contribution in [-0.2, 0) is 4.79 Å². The number of Topliss-reactive ketones (excluding diaryl/α,β-unsaturated/α-hetero) is 1. The molecule has 0 aromatic heterocycles. The van der Waals surface area contributed by atoms with Gasteiger partial charge in [-0.2, -0.15) is 5.26 Å². The maximum atomic E-state index is 13.5. The standard InChI is InChI=1S/C27H26BrN3O2/c1-4-13-33-20-11-5-17(6-12-20)24-21(16-29)26(30)31(19-9-7-18(28)8-10-19)22-14-27(2,3)15-23(32)25(22)24/h4-12,24H,1,13-15,30H2,2-3H3/t24-/m1/s1. The third-order valence-corrected chi connectivity index (χ3v) is 6.58. The Hall–Kier alpha value is -3.30. The van der Waals surface area contributed by atoms with Gasteiger partial charge in [0.05, 0.1) is 17.6 Å². The summed E-state index contributed by atoms with van der Waals surface area (Å²) >= 11 is 3.47. The normalized spacial score (nSPS) is 19.8. The molecule has 5 nitrogen and oxygen atoms in total. The molecule has 2 aromatic rings. The second-order valence-electron chi connectivity index (χ2n) is 9.13. The molecule has 33 heavy (non-hydrogen) atoms. The molecule has 0 unspecified atom stereocenters. The number of hydrogen-bond donors (Lipinski definition) is 1. The molecule has 0 radical (unpaired) electrons. The molecule has 0 amide bonds. The Morgan fingerprint density at radius 2 is 1.88 bits per heavy atom. The molecule has 2 aromatic carbocycles. The van der Waals surface area contributed by atoms with E-state index in [-0.39, 0.29) is 11.2 Å². The van der Waals surface area contributed by atoms with Crippen LogP contribution in [0.25, 0.3) is 0 Å². The third kappa shape index (κ3) is 4.34. The van der Waals surface area contributed by atoms with Crippen LogP contribution in [0.15, 0.2) is 88.3 Å². The summed E-state index contributed by atoms with van der Waals surface area (Å²) in [6.07, 6.45) is 2.79. The molecule has 1 heterocycles. The molecule has 0 saturated heterocycles. The van der Waals surface area contributed by atoms with Gasteiger partial charge in [0.1, 0.15) is 18.2 Å². The van der Waals surface area contributed by atoms with Crippen molar-refractivity contribution in [2.75, 3.05) is 11.5 Å². The first-order valence-corrected chi connectivity index (χ1v) is 11.6. The summed E-state index contributed by atoms with van der Waals surface area (Å²) in [5.74, 6) is 0.613. The topological polar surface area (TPSA) is 79.3 Å². The van der Waals surface area contributed by atoms with Crippen molar-refractivity contribution in [2.24, 2.45) is 11.1 Å². The number of carbonyl (C=O) groups is 1. The van der Waals surface area contributed by atoms with Crippen molar-refractivity contribution in [1.29, 1.82) is 5.26 Å². The van der Waals surface area contributed by atoms with E-state index >= 15 is 0 Å². The van der Waals surface area contributed by atoms with E-state index in [1.165, 1.54) is 0 Å². The van der Waals surface area contributed by atoms with Crippen LogP contribution in [0.2, 0.25) is 0 Å². The number of nitriles is 1. The summed E-state index contributed by atoms with van der Waals surface area (Å²) < 4.78 is 6.54. The van der Waals surface area contributed by atoms with Crippen molar-refractivity contribution < 1.29 is 9.53 Å². The number of rotatable bonds is 5. The summed E-state index contributed by atoms with van der Waals surface area (Å²) in [5.41, 5.74) is 10.0. The minimum Gasteiger partial charge on any atom is -0.490 e. The molecule has 0 spiro atoms. The predicted molar refractivity (Wildman–Crippen MR) is 133 cm³/mol. The van der Waals surface area contributed by atoms with Gasteiger partial charge in [-0.25, -0.2) is 0 Å². The van der Waals surface area contributed by atoms with Crippen molar-refractivity contribution >= 4 is 27.4 Å². The largest absolute Gasteiger partial charge is 0.490 e. The minimum atomic E-state index is -0.506. The van der Waals surface area contributed by atoms with Crippen molar-refractivity contribution in [3.8, 4) is 11.8 Å². The fraction of sp³-hybridized carbons (Fsp3) is 0.259. The highest BCUT2D eigenvalue weighted by Gasteiger charge is 2.44. The van der Waals surface area contributed by atoms with Gasteiger partial charge in [-0.15, -0.1) is 0 Å². The van der Waals surface area contributed by atoms with Crippen molar-refractivity contribution in [3.05, 3.63) is 93.9 Å². The number of ketones is 1. The summed E-state index contributed by atoms with van der Waals surface area (Å²) in [6, 6.07) is 17.6. The van der Waals surface area contributed by atoms with Gasteiger partial charge < -0.3 is 10.5 Å². The SMILES string of the molecule is C=CCOc1ccc([C@@H]2C(C#N)=C(N)N(c3ccc(Br)cc3)C3=C2C(=O)CC(C)(C)C3)cc1. The fourth-order valence-electron chi connectivity index (χ4n) is 4.64. The molecule has 6 heteroatoms. The number of benzene rings is 2. The van der Waals surface area contributed by atoms with Crippen LogP contribution in [0.4, 0.5) is 5.69 Å². The molecule has 0 bridgehead atoms. The lowest BCUT2D eigenvalue weighted by Gasteiger charge is -2.43. The highest BCUT2D eigenvalue weighted by atomic mass is 79.9. The third-order valence-electron chi connectivity index (χ3n) is 6.05. The number of halogens is 1. The van der Waals surface area contributed by atoms with Gasteiger partial charge in [0.15, 0.2) is 5.78 Å². The van der Waals surface area contributed by atoms with Crippen LogP contribution in [0, 0.1) is 16.7 Å². The number of nitrogens with zero attached hydrogens (tertiary/aromatic N) is 2. The second kappa shape index (κ2) is 8.92. The highest BCUT2D eigenvalue weighted by molar-refractivity contribution is 9.10. The van der Waals surface area contributed by atoms with Crippen molar-refractivity contribution in [2.45, 2.75) is 32.6 Å². The smallest absolute Gasteiger partial charge is 0.162 e. The van der Waals surface area contributed by atoms with E-state index in [4.69, 9.17) is 10.5 Å². The maximum Gasteiger partial charge on any atom is 0.162 e. The fourth-order valence-corrected chi connectivity index (χ4v) is 4.90. The van der Waals surface area contributed by atoms with Gasteiger partial charge in [-0.3, -0.25) is 9.69 Å². The highest BCUT2D eigenvalue weighted by Crippen LogP contribution is 2.50. The summed E-state index contributed by atoms with van der Waals surface area (Å²) in [7, 11) is 0. The van der Waals surface area contributed by atoms with Crippen molar-refractivity contribution in [1.82, 2.24) is 0 Å². The van der Waals surface area contributed by atoms with Crippen LogP contribution in [-0.4, -0.2) is 12.4 Å². The van der Waals surface area contributed by atoms with E-state index < -0.39 is 5.92 Å². The van der Waals surface area contributed by atoms with Gasteiger partial charge >= 0.3 is 0 Å². The number of nitrogens with two attached hydrogens (primary N) is 1. The molecule has 168 valence electrons. The molecule has 0 saturated carbocycles. The van der Waals surface area contributed by atoms with Crippen molar-refractivity contribution in [3.63, 3.8) is 0 Å². The van der Waals surface area contributed by atoms with Crippen LogP contribution >= 0.6 is 15.9 Å². The number of allylic oxidation sites excluding steroid dienone is 3. The number of anilines is 1. The number of ether oxygens (including phenoxy) is 1. The summed E-state index contributed by atoms with van der Waals surface area (Å²) in [4.78, 5) is 15.4. The molecule has 2 aliphatic rings. The Morgan fingerprint density at radius 1 is 1.21 bits per heavy atom. The van der Waals surface area contributed by atoms with Gasteiger partial charge in [-0.05, 0) is 53.8 Å². The first-order chi connectivity index (χ1) is 15.8. The minimum absolute atomic E-state index is 0.0561. The average Bonchev–Trinajstić information content (AvgIpc) is 2.77.